The number of phenolic OH excluding ortho intramolecular Hbond substituents is 3. The Morgan fingerprint density at radius 2 is 1.46 bits per heavy atom. The molecule has 1 aliphatic rings. The van der Waals surface area contributed by atoms with Gasteiger partial charge in [-0.15, -0.1) is 0 Å². The first-order chi connectivity index (χ1) is 11.1. The van der Waals surface area contributed by atoms with E-state index in [9.17, 15) is 29.9 Å². The van der Waals surface area contributed by atoms with Crippen LogP contribution in [0.15, 0.2) is 0 Å². The van der Waals surface area contributed by atoms with Crippen molar-refractivity contribution in [2.24, 2.45) is 0 Å². The van der Waals surface area contributed by atoms with Crippen LogP contribution in [0.25, 0.3) is 0 Å². The summed E-state index contributed by atoms with van der Waals surface area (Å²) in [5.41, 5.74) is -1.16. The van der Waals surface area contributed by atoms with Crippen LogP contribution in [-0.2, 0) is 10.6 Å². The lowest BCUT2D eigenvalue weighted by Gasteiger charge is -2.42. The number of rotatable bonds is 2. The van der Waals surface area contributed by atoms with Gasteiger partial charge in [0.15, 0.2) is 17.3 Å². The zero-order valence-electron chi connectivity index (χ0n) is 14.5. The van der Waals surface area contributed by atoms with Crippen molar-refractivity contribution in [1.82, 2.24) is 4.90 Å². The van der Waals surface area contributed by atoms with Gasteiger partial charge >= 0.3 is 0 Å². The van der Waals surface area contributed by atoms with E-state index in [0.717, 1.165) is 11.8 Å². The van der Waals surface area contributed by atoms with Crippen LogP contribution in [0, 0.1) is 12.7 Å². The van der Waals surface area contributed by atoms with Gasteiger partial charge in [0.1, 0.15) is 11.3 Å². The van der Waals surface area contributed by atoms with E-state index in [2.05, 4.69) is 0 Å². The highest BCUT2D eigenvalue weighted by molar-refractivity contribution is 5.58. The molecule has 2 rings (SSSR count). The number of morpholine rings is 1. The summed E-state index contributed by atoms with van der Waals surface area (Å²) in [6.07, 6.45) is -0.635. The fourth-order valence-corrected chi connectivity index (χ4v) is 2.71. The normalized spacial score (nSPS) is 22.0. The lowest BCUT2D eigenvalue weighted by atomic mass is 10.0. The molecule has 7 nitrogen and oxygen atoms in total. The maximum Gasteiger partial charge on any atom is 0.261 e. The zero-order valence-corrected chi connectivity index (χ0v) is 14.5. The number of halogens is 1. The van der Waals surface area contributed by atoms with Crippen LogP contribution in [0.4, 0.5) is 4.39 Å². The molecule has 0 saturated carbocycles. The molecular formula is C16H26FNO6. The Labute approximate surface area is 140 Å². The molecule has 138 valence electrons. The van der Waals surface area contributed by atoms with Crippen LogP contribution >= 0.6 is 0 Å². The second kappa shape index (κ2) is 7.52. The van der Waals surface area contributed by atoms with Gasteiger partial charge in [0.25, 0.3) is 5.91 Å². The Morgan fingerprint density at radius 3 is 1.92 bits per heavy atom. The summed E-state index contributed by atoms with van der Waals surface area (Å²) in [6.45, 7) is 8.81. The van der Waals surface area contributed by atoms with E-state index in [-0.39, 0.29) is 25.3 Å². The van der Waals surface area contributed by atoms with E-state index in [4.69, 9.17) is 4.74 Å². The number of benzene rings is 1. The molecule has 0 aromatic heterocycles. The number of hydrogen-bond donors (Lipinski definition) is 5. The van der Waals surface area contributed by atoms with Crippen molar-refractivity contribution in [3.05, 3.63) is 16.9 Å². The second-order valence-electron chi connectivity index (χ2n) is 5.66. The molecule has 8 heteroatoms. The van der Waals surface area contributed by atoms with Crippen molar-refractivity contribution < 1.29 is 34.7 Å². The van der Waals surface area contributed by atoms with E-state index in [1.165, 1.54) is 0 Å². The largest absolute Gasteiger partial charge is 0.507 e. The van der Waals surface area contributed by atoms with Crippen molar-refractivity contribution in [1.29, 1.82) is 0 Å². The second-order valence-corrected chi connectivity index (χ2v) is 5.66. The Hall–Kier alpha value is -1.61. The third-order valence-corrected chi connectivity index (χ3v) is 3.79. The molecule has 24 heavy (non-hydrogen) atoms. The molecular weight excluding hydrogens is 321 g/mol. The third kappa shape index (κ3) is 3.56. The van der Waals surface area contributed by atoms with Gasteiger partial charge in [0, 0.05) is 18.7 Å². The molecule has 1 heterocycles. The molecule has 0 aliphatic carbocycles. The molecule has 0 radical (unpaired) electrons. The van der Waals surface area contributed by atoms with E-state index in [0.29, 0.717) is 0 Å². The predicted octanol–water partition coefficient (Wildman–Crippen LogP) is 1.48. The molecule has 1 saturated heterocycles. The molecule has 2 unspecified atom stereocenters. The van der Waals surface area contributed by atoms with Crippen LogP contribution in [0.5, 0.6) is 17.2 Å². The van der Waals surface area contributed by atoms with Gasteiger partial charge in [0.05, 0.1) is 12.2 Å². The zero-order chi connectivity index (χ0) is 18.8. The molecule has 1 aromatic carbocycles. The number of aliphatic hydroxyl groups is 2. The lowest BCUT2D eigenvalue weighted by Crippen LogP contribution is -2.55. The monoisotopic (exact) mass is 347 g/mol. The Kier molecular flexibility index (Phi) is 6.40. The van der Waals surface area contributed by atoms with Crippen LogP contribution in [0.3, 0.4) is 0 Å². The van der Waals surface area contributed by atoms with Crippen molar-refractivity contribution in [3.63, 3.8) is 0 Å². The van der Waals surface area contributed by atoms with E-state index in [1.54, 1.807) is 13.8 Å². The number of nitrogens with zero attached hydrogens (tertiary/aromatic N) is 1. The summed E-state index contributed by atoms with van der Waals surface area (Å²) in [6, 6.07) is 0. The first-order valence-electron chi connectivity index (χ1n) is 7.86. The molecule has 1 fully saturated rings. The summed E-state index contributed by atoms with van der Waals surface area (Å²) in [4.78, 5) is 1.16. The topological polar surface area (TPSA) is 114 Å². The minimum absolute atomic E-state index is 0.105. The average molecular weight is 347 g/mol. The van der Waals surface area contributed by atoms with Gasteiger partial charge in [0.2, 0.25) is 0 Å². The van der Waals surface area contributed by atoms with Crippen molar-refractivity contribution in [2.45, 2.75) is 52.7 Å². The molecule has 2 atom stereocenters. The maximum atomic E-state index is 13.6. The van der Waals surface area contributed by atoms with Gasteiger partial charge in [-0.2, -0.15) is 0 Å². The van der Waals surface area contributed by atoms with Crippen LogP contribution < -0.4 is 0 Å². The molecule has 0 amide bonds. The highest BCUT2D eigenvalue weighted by Gasteiger charge is 2.44. The van der Waals surface area contributed by atoms with E-state index >= 15 is 0 Å². The minimum atomic E-state index is -2.80. The smallest absolute Gasteiger partial charge is 0.261 e. The van der Waals surface area contributed by atoms with Crippen LogP contribution in [0.1, 0.15) is 38.8 Å². The quantitative estimate of drug-likeness (QED) is 0.313. The summed E-state index contributed by atoms with van der Waals surface area (Å²) in [5.74, 6) is -7.11. The first-order valence-corrected chi connectivity index (χ1v) is 7.86. The SMILES string of the molecule is CC.Cc1c(O)c(C(O)(O)N2CC(C)OC(C)C2)c(O)c(O)c1F. The van der Waals surface area contributed by atoms with Gasteiger partial charge < -0.3 is 30.3 Å². The molecule has 1 aliphatic heterocycles. The highest BCUT2D eigenvalue weighted by Crippen LogP contribution is 2.46. The van der Waals surface area contributed by atoms with Crippen LogP contribution in [0.2, 0.25) is 0 Å². The number of phenols is 3. The Bertz CT molecular complexity index is 553. The van der Waals surface area contributed by atoms with Gasteiger partial charge in [-0.25, -0.2) is 9.29 Å². The van der Waals surface area contributed by atoms with Crippen molar-refractivity contribution in [2.75, 3.05) is 13.1 Å². The summed E-state index contributed by atoms with van der Waals surface area (Å²) in [7, 11) is 0. The number of aromatic hydroxyl groups is 3. The highest BCUT2D eigenvalue weighted by atomic mass is 19.1. The Morgan fingerprint density at radius 1 is 1.00 bits per heavy atom. The third-order valence-electron chi connectivity index (χ3n) is 3.79. The van der Waals surface area contributed by atoms with Gasteiger partial charge in [-0.3, -0.25) is 0 Å². The number of ether oxygens (including phenoxy) is 1. The lowest BCUT2D eigenvalue weighted by molar-refractivity contribution is -0.299. The minimum Gasteiger partial charge on any atom is -0.507 e. The Balaban J connectivity index is 0.00000139. The maximum absolute atomic E-state index is 13.6. The standard InChI is InChI=1S/C14H20FNO6.C2H6/c1-6-4-16(5-7(2)22-6)14(20,21)9-11(17)8(3)10(15)13(19)12(9)18;1-2/h6-7,17-21H,4-5H2,1-3H3;1-2H3. The van der Waals surface area contributed by atoms with E-state index < -0.39 is 40.1 Å². The summed E-state index contributed by atoms with van der Waals surface area (Å²) < 4.78 is 19.1. The molecule has 5 N–H and O–H groups in total. The average Bonchev–Trinajstić information content (AvgIpc) is 2.52. The van der Waals surface area contributed by atoms with Gasteiger partial charge in [-0.05, 0) is 20.8 Å². The summed E-state index contributed by atoms with van der Waals surface area (Å²) >= 11 is 0. The van der Waals surface area contributed by atoms with Crippen LogP contribution in [-0.4, -0.2) is 55.7 Å². The molecule has 1 aromatic rings. The molecule has 0 bridgehead atoms. The van der Waals surface area contributed by atoms with Gasteiger partial charge in [-0.1, -0.05) is 13.8 Å². The first kappa shape index (κ1) is 20.4. The van der Waals surface area contributed by atoms with Crippen molar-refractivity contribution >= 4 is 0 Å². The predicted molar refractivity (Wildman–Crippen MR) is 85.2 cm³/mol. The van der Waals surface area contributed by atoms with Crippen molar-refractivity contribution in [3.8, 4) is 17.2 Å². The fourth-order valence-electron chi connectivity index (χ4n) is 2.71. The summed E-state index contributed by atoms with van der Waals surface area (Å²) in [5, 5.41) is 50.2. The molecule has 0 spiro atoms. The fraction of sp³-hybridized carbons (Fsp3) is 0.625. The van der Waals surface area contributed by atoms with E-state index in [1.807, 2.05) is 13.8 Å². The number of hydrogen-bond acceptors (Lipinski definition) is 7.